The minimum atomic E-state index is -1.03. The van der Waals surface area contributed by atoms with Gasteiger partial charge in [-0.05, 0) is 61.7 Å². The van der Waals surface area contributed by atoms with Gasteiger partial charge in [-0.1, -0.05) is 0 Å². The van der Waals surface area contributed by atoms with Crippen LogP contribution in [0.15, 0.2) is 0 Å². The number of nitrogens with two attached hydrogens (primary N) is 1. The van der Waals surface area contributed by atoms with Crippen molar-refractivity contribution in [3.63, 3.8) is 0 Å². The fraction of sp³-hybridized carbons (Fsp3) is 0.867. The van der Waals surface area contributed by atoms with Gasteiger partial charge in [-0.3, -0.25) is 9.59 Å². The number of carbonyl (C=O) groups excluding carboxylic acids is 1. The number of carboxylic acid groups (broad SMARTS) is 1. The fourth-order valence-corrected chi connectivity index (χ4v) is 5.19. The second-order valence-corrected chi connectivity index (χ2v) is 7.34. The first-order chi connectivity index (χ1) is 9.46. The number of hydrogen-bond acceptors (Lipinski definition) is 3. The van der Waals surface area contributed by atoms with Crippen LogP contribution in [-0.4, -0.2) is 29.6 Å². The molecule has 1 unspecified atom stereocenters. The van der Waals surface area contributed by atoms with E-state index in [4.69, 9.17) is 10.8 Å². The van der Waals surface area contributed by atoms with Crippen LogP contribution in [-0.2, 0) is 9.59 Å². The molecule has 5 heteroatoms. The van der Waals surface area contributed by atoms with Gasteiger partial charge in [-0.15, -0.1) is 0 Å². The second kappa shape index (κ2) is 5.02. The van der Waals surface area contributed by atoms with Gasteiger partial charge in [0.15, 0.2) is 0 Å². The molecule has 0 spiro atoms. The lowest BCUT2D eigenvalue weighted by molar-refractivity contribution is -0.139. The molecule has 4 rings (SSSR count). The molecule has 0 aromatic carbocycles. The molecule has 4 bridgehead atoms. The Morgan fingerprint density at radius 1 is 1.15 bits per heavy atom. The van der Waals surface area contributed by atoms with Gasteiger partial charge in [0.05, 0.1) is 12.5 Å². The van der Waals surface area contributed by atoms with Gasteiger partial charge < -0.3 is 16.2 Å². The highest BCUT2D eigenvalue weighted by Crippen LogP contribution is 2.59. The SMILES string of the molecule is NC(CC(=O)O)C(=O)NCC12CC3CC(CC(C3)C1)C2. The highest BCUT2D eigenvalue weighted by molar-refractivity contribution is 5.85. The Bertz CT molecular complexity index is 386. The summed E-state index contributed by atoms with van der Waals surface area (Å²) in [6, 6.07) is -0.929. The van der Waals surface area contributed by atoms with Crippen molar-refractivity contribution in [1.82, 2.24) is 5.32 Å². The van der Waals surface area contributed by atoms with E-state index in [9.17, 15) is 9.59 Å². The van der Waals surface area contributed by atoms with Crippen LogP contribution in [0, 0.1) is 23.2 Å². The Morgan fingerprint density at radius 2 is 1.65 bits per heavy atom. The van der Waals surface area contributed by atoms with Gasteiger partial charge >= 0.3 is 5.97 Å². The molecule has 0 radical (unpaired) electrons. The first-order valence-corrected chi connectivity index (χ1v) is 7.71. The molecular formula is C15H24N2O3. The lowest BCUT2D eigenvalue weighted by Gasteiger charge is -2.57. The molecular weight excluding hydrogens is 256 g/mol. The summed E-state index contributed by atoms with van der Waals surface area (Å²) in [6.45, 7) is 0.683. The van der Waals surface area contributed by atoms with Gasteiger partial charge in [-0.2, -0.15) is 0 Å². The summed E-state index contributed by atoms with van der Waals surface area (Å²) < 4.78 is 0. The van der Waals surface area contributed by atoms with Crippen LogP contribution in [0.1, 0.15) is 44.9 Å². The van der Waals surface area contributed by atoms with Crippen LogP contribution in [0.4, 0.5) is 0 Å². The molecule has 0 heterocycles. The summed E-state index contributed by atoms with van der Waals surface area (Å²) in [5, 5.41) is 11.6. The minimum Gasteiger partial charge on any atom is -0.481 e. The van der Waals surface area contributed by atoms with Gasteiger partial charge in [0.25, 0.3) is 0 Å². The van der Waals surface area contributed by atoms with Gasteiger partial charge in [0.2, 0.25) is 5.91 Å². The summed E-state index contributed by atoms with van der Waals surface area (Å²) in [6.07, 6.45) is 7.53. The number of hydrogen-bond donors (Lipinski definition) is 3. The van der Waals surface area contributed by atoms with E-state index >= 15 is 0 Å². The van der Waals surface area contributed by atoms with E-state index < -0.39 is 12.0 Å². The molecule has 0 aliphatic heterocycles. The minimum absolute atomic E-state index is 0.271. The van der Waals surface area contributed by atoms with E-state index in [2.05, 4.69) is 5.32 Å². The normalized spacial score (nSPS) is 39.5. The van der Waals surface area contributed by atoms with Crippen molar-refractivity contribution in [2.75, 3.05) is 6.54 Å². The maximum Gasteiger partial charge on any atom is 0.305 e. The van der Waals surface area contributed by atoms with E-state index in [1.807, 2.05) is 0 Å². The summed E-state index contributed by atoms with van der Waals surface area (Å²) >= 11 is 0. The van der Waals surface area contributed by atoms with Crippen LogP contribution < -0.4 is 11.1 Å². The first kappa shape index (κ1) is 13.9. The van der Waals surface area contributed by atoms with Crippen molar-refractivity contribution in [2.45, 2.75) is 51.0 Å². The monoisotopic (exact) mass is 280 g/mol. The van der Waals surface area contributed by atoms with E-state index in [-0.39, 0.29) is 17.7 Å². The average molecular weight is 280 g/mol. The smallest absolute Gasteiger partial charge is 0.305 e. The summed E-state index contributed by atoms with van der Waals surface area (Å²) in [7, 11) is 0. The Hall–Kier alpha value is -1.10. The third-order valence-corrected chi connectivity index (χ3v) is 5.53. The van der Waals surface area contributed by atoms with Crippen molar-refractivity contribution in [2.24, 2.45) is 28.9 Å². The number of carboxylic acids is 1. The van der Waals surface area contributed by atoms with Crippen LogP contribution >= 0.6 is 0 Å². The highest BCUT2D eigenvalue weighted by atomic mass is 16.4. The molecule has 112 valence electrons. The van der Waals surface area contributed by atoms with Crippen LogP contribution in [0.3, 0.4) is 0 Å². The van der Waals surface area contributed by atoms with Gasteiger partial charge in [0, 0.05) is 6.54 Å². The summed E-state index contributed by atoms with van der Waals surface area (Å²) in [5.74, 6) is 1.22. The number of carbonyl (C=O) groups is 2. The standard InChI is InChI=1S/C15H24N2O3/c16-12(4-13(18)19)14(20)17-8-15-5-9-1-10(6-15)3-11(2-9)7-15/h9-12H,1-8,16H2,(H,17,20)(H,18,19). The third kappa shape index (κ3) is 2.68. The van der Waals surface area contributed by atoms with Crippen LogP contribution in [0.5, 0.6) is 0 Å². The molecule has 20 heavy (non-hydrogen) atoms. The molecule has 5 nitrogen and oxygen atoms in total. The van der Waals surface area contributed by atoms with E-state index in [1.54, 1.807) is 0 Å². The maximum atomic E-state index is 11.9. The van der Waals surface area contributed by atoms with Crippen LogP contribution in [0.2, 0.25) is 0 Å². The molecule has 4 fully saturated rings. The second-order valence-electron chi connectivity index (χ2n) is 7.34. The number of amides is 1. The molecule has 1 amide bonds. The number of rotatable bonds is 5. The van der Waals surface area contributed by atoms with Gasteiger partial charge in [0.1, 0.15) is 0 Å². The number of aliphatic carboxylic acids is 1. The predicted octanol–water partition coefficient (Wildman–Crippen LogP) is 1.12. The van der Waals surface area contributed by atoms with Crippen molar-refractivity contribution >= 4 is 11.9 Å². The van der Waals surface area contributed by atoms with E-state index in [0.29, 0.717) is 6.54 Å². The summed E-state index contributed by atoms with van der Waals surface area (Å²) in [4.78, 5) is 22.5. The Kier molecular flexibility index (Phi) is 3.48. The largest absolute Gasteiger partial charge is 0.481 e. The molecule has 0 aromatic rings. The molecule has 4 aliphatic rings. The lowest BCUT2D eigenvalue weighted by Crippen LogP contribution is -2.53. The fourth-order valence-electron chi connectivity index (χ4n) is 5.19. The Labute approximate surface area is 119 Å². The molecule has 0 saturated heterocycles. The van der Waals surface area contributed by atoms with Crippen molar-refractivity contribution in [3.8, 4) is 0 Å². The zero-order valence-corrected chi connectivity index (χ0v) is 11.8. The molecule has 4 saturated carbocycles. The zero-order chi connectivity index (χ0) is 14.3. The molecule has 4 aliphatic carbocycles. The maximum absolute atomic E-state index is 11.9. The van der Waals surface area contributed by atoms with Crippen LogP contribution in [0.25, 0.3) is 0 Å². The van der Waals surface area contributed by atoms with E-state index in [1.165, 1.54) is 38.5 Å². The van der Waals surface area contributed by atoms with E-state index in [0.717, 1.165) is 17.8 Å². The lowest BCUT2D eigenvalue weighted by atomic mass is 9.49. The Balaban J connectivity index is 1.56. The Morgan fingerprint density at radius 3 is 2.10 bits per heavy atom. The number of nitrogens with one attached hydrogen (secondary N) is 1. The van der Waals surface area contributed by atoms with Crippen molar-refractivity contribution in [3.05, 3.63) is 0 Å². The zero-order valence-electron chi connectivity index (χ0n) is 11.8. The topological polar surface area (TPSA) is 92.4 Å². The average Bonchev–Trinajstić information content (AvgIpc) is 2.33. The molecule has 4 N–H and O–H groups in total. The highest BCUT2D eigenvalue weighted by Gasteiger charge is 2.50. The molecule has 0 aromatic heterocycles. The van der Waals surface area contributed by atoms with Crippen molar-refractivity contribution in [1.29, 1.82) is 0 Å². The third-order valence-electron chi connectivity index (χ3n) is 5.53. The quantitative estimate of drug-likeness (QED) is 0.703. The summed E-state index contributed by atoms with van der Waals surface area (Å²) in [5.41, 5.74) is 5.87. The predicted molar refractivity (Wildman–Crippen MR) is 73.8 cm³/mol. The van der Waals surface area contributed by atoms with Crippen molar-refractivity contribution < 1.29 is 14.7 Å². The van der Waals surface area contributed by atoms with Gasteiger partial charge in [-0.25, -0.2) is 0 Å². The molecule has 1 atom stereocenters. The first-order valence-electron chi connectivity index (χ1n) is 7.71.